The monoisotopic (exact) mass is 408 g/mol. The maximum Gasteiger partial charge on any atom is 0.113 e. The molecule has 1 saturated heterocycles. The van der Waals surface area contributed by atoms with Gasteiger partial charge in [0.25, 0.3) is 0 Å². The Morgan fingerprint density at radius 2 is 1.34 bits per heavy atom. The molecule has 1 fully saturated rings. The molecule has 2 rings (SSSR count). The van der Waals surface area contributed by atoms with Crippen molar-refractivity contribution in [2.24, 2.45) is 0 Å². The number of aliphatic hydroxyl groups excluding tert-OH is 4. The lowest BCUT2D eigenvalue weighted by Gasteiger charge is -2.40. The molecule has 1 heterocycles. The van der Waals surface area contributed by atoms with Crippen LogP contribution < -0.4 is 0 Å². The summed E-state index contributed by atoms with van der Waals surface area (Å²) in [5.41, 5.74) is 1.93. The molecule has 1 unspecified atom stereocenters. The molecule has 0 saturated carbocycles. The van der Waals surface area contributed by atoms with Crippen molar-refractivity contribution in [2.45, 2.75) is 108 Å². The van der Waals surface area contributed by atoms with Crippen LogP contribution in [0, 0.1) is 0 Å². The van der Waals surface area contributed by atoms with Crippen LogP contribution in [-0.2, 0) is 11.2 Å². The first-order valence-electron chi connectivity index (χ1n) is 11.5. The van der Waals surface area contributed by atoms with Gasteiger partial charge in [-0.05, 0) is 24.0 Å². The predicted octanol–water partition coefficient (Wildman–Crippen LogP) is 3.66. The summed E-state index contributed by atoms with van der Waals surface area (Å²) in [7, 11) is 0. The van der Waals surface area contributed by atoms with E-state index in [-0.39, 0.29) is 0 Å². The zero-order valence-electron chi connectivity index (χ0n) is 17.9. The molecule has 0 amide bonds. The van der Waals surface area contributed by atoms with E-state index in [9.17, 15) is 20.4 Å². The van der Waals surface area contributed by atoms with E-state index in [2.05, 4.69) is 6.92 Å². The van der Waals surface area contributed by atoms with Gasteiger partial charge in [0.15, 0.2) is 0 Å². The van der Waals surface area contributed by atoms with Gasteiger partial charge >= 0.3 is 0 Å². The predicted molar refractivity (Wildman–Crippen MR) is 115 cm³/mol. The molecule has 0 bridgehead atoms. The Morgan fingerprint density at radius 3 is 1.97 bits per heavy atom. The number of benzene rings is 1. The van der Waals surface area contributed by atoms with Crippen molar-refractivity contribution in [3.8, 4) is 0 Å². The van der Waals surface area contributed by atoms with Crippen LogP contribution in [0.15, 0.2) is 24.3 Å². The van der Waals surface area contributed by atoms with Gasteiger partial charge in [0, 0.05) is 0 Å². The average Bonchev–Trinajstić information content (AvgIpc) is 2.74. The average molecular weight is 409 g/mol. The van der Waals surface area contributed by atoms with Crippen molar-refractivity contribution in [1.29, 1.82) is 0 Å². The number of ether oxygens (including phenoxy) is 1. The molecule has 4 N–H and O–H groups in total. The van der Waals surface area contributed by atoms with Crippen molar-refractivity contribution in [3.63, 3.8) is 0 Å². The van der Waals surface area contributed by atoms with E-state index in [0.717, 1.165) is 24.0 Å². The molecule has 5 heteroatoms. The zero-order chi connectivity index (χ0) is 21.1. The zero-order valence-corrected chi connectivity index (χ0v) is 17.9. The smallest absolute Gasteiger partial charge is 0.113 e. The molecule has 1 aromatic rings. The van der Waals surface area contributed by atoms with E-state index >= 15 is 0 Å². The minimum Gasteiger partial charge on any atom is -0.394 e. The first kappa shape index (κ1) is 24.3. The lowest BCUT2D eigenvalue weighted by molar-refractivity contribution is -0.231. The Kier molecular flexibility index (Phi) is 11.2. The van der Waals surface area contributed by atoms with Gasteiger partial charge in [-0.25, -0.2) is 0 Å². The van der Waals surface area contributed by atoms with Gasteiger partial charge in [0.1, 0.15) is 30.5 Å². The number of rotatable bonds is 13. The van der Waals surface area contributed by atoms with Gasteiger partial charge in [-0.1, -0.05) is 89.0 Å². The fraction of sp³-hybridized carbons (Fsp3) is 0.750. The largest absolute Gasteiger partial charge is 0.394 e. The fourth-order valence-electron chi connectivity index (χ4n) is 4.20. The van der Waals surface area contributed by atoms with Crippen LogP contribution in [0.3, 0.4) is 0 Å². The second-order valence-corrected chi connectivity index (χ2v) is 8.38. The van der Waals surface area contributed by atoms with Crippen LogP contribution >= 0.6 is 0 Å². The Bertz CT molecular complexity index is 562. The van der Waals surface area contributed by atoms with Crippen molar-refractivity contribution in [1.82, 2.24) is 0 Å². The van der Waals surface area contributed by atoms with E-state index < -0.39 is 37.1 Å². The van der Waals surface area contributed by atoms with E-state index in [1.807, 2.05) is 24.3 Å². The number of hydrogen-bond acceptors (Lipinski definition) is 5. The molecular formula is C24H40O5. The quantitative estimate of drug-likeness (QED) is 0.374. The number of aryl methyl sites for hydroxylation is 1. The summed E-state index contributed by atoms with van der Waals surface area (Å²) in [5, 5.41) is 39.9. The highest BCUT2D eigenvalue weighted by molar-refractivity contribution is 5.31. The second kappa shape index (κ2) is 13.3. The van der Waals surface area contributed by atoms with Crippen LogP contribution in [-0.4, -0.2) is 51.4 Å². The number of aliphatic hydroxyl groups is 4. The summed E-state index contributed by atoms with van der Waals surface area (Å²) in [6, 6.07) is 7.79. The normalized spacial score (nSPS) is 27.3. The second-order valence-electron chi connectivity index (χ2n) is 8.38. The van der Waals surface area contributed by atoms with Crippen LogP contribution in [0.25, 0.3) is 0 Å². The first-order valence-corrected chi connectivity index (χ1v) is 11.5. The third kappa shape index (κ3) is 7.34. The van der Waals surface area contributed by atoms with Crippen LogP contribution in [0.4, 0.5) is 0 Å². The van der Waals surface area contributed by atoms with Crippen molar-refractivity contribution in [3.05, 3.63) is 35.4 Å². The molecule has 1 aliphatic rings. The van der Waals surface area contributed by atoms with Crippen molar-refractivity contribution >= 4 is 0 Å². The minimum absolute atomic E-state index is 0.401. The third-order valence-corrected chi connectivity index (χ3v) is 6.05. The molecule has 166 valence electrons. The summed E-state index contributed by atoms with van der Waals surface area (Å²) in [6.45, 7) is 1.85. The van der Waals surface area contributed by atoms with Crippen LogP contribution in [0.1, 0.15) is 88.4 Å². The molecule has 1 aliphatic heterocycles. The Hall–Kier alpha value is -0.980. The minimum atomic E-state index is -1.34. The summed E-state index contributed by atoms with van der Waals surface area (Å²) >= 11 is 0. The molecule has 0 radical (unpaired) electrons. The first-order chi connectivity index (χ1) is 14.1. The van der Waals surface area contributed by atoms with E-state index in [1.165, 1.54) is 57.8 Å². The molecule has 0 spiro atoms. The Labute approximate surface area is 175 Å². The molecule has 1 aromatic carbocycles. The SMILES string of the molecule is CCCCCCCCCCCCc1ccccc1C1O[C@H](CO)[C@@H](O)[C@H](O)[C@H]1O. The summed E-state index contributed by atoms with van der Waals surface area (Å²) < 4.78 is 5.75. The van der Waals surface area contributed by atoms with Crippen LogP contribution in [0.5, 0.6) is 0 Å². The number of hydrogen-bond donors (Lipinski definition) is 4. The Balaban J connectivity index is 1.80. The summed E-state index contributed by atoms with van der Waals surface area (Å²) in [6.07, 6.45) is 8.24. The third-order valence-electron chi connectivity index (χ3n) is 6.05. The van der Waals surface area contributed by atoms with E-state index in [1.54, 1.807) is 0 Å². The van der Waals surface area contributed by atoms with Gasteiger partial charge in [-0.3, -0.25) is 0 Å². The lowest BCUT2D eigenvalue weighted by atomic mass is 9.88. The van der Waals surface area contributed by atoms with E-state index in [4.69, 9.17) is 4.74 Å². The Morgan fingerprint density at radius 1 is 0.759 bits per heavy atom. The maximum atomic E-state index is 10.4. The van der Waals surface area contributed by atoms with Crippen molar-refractivity contribution in [2.75, 3.05) is 6.61 Å². The fourth-order valence-corrected chi connectivity index (χ4v) is 4.20. The van der Waals surface area contributed by atoms with Gasteiger partial charge in [0.2, 0.25) is 0 Å². The molecule has 0 aromatic heterocycles. The summed E-state index contributed by atoms with van der Waals surface area (Å²) in [4.78, 5) is 0. The molecule has 0 aliphatic carbocycles. The van der Waals surface area contributed by atoms with E-state index in [0.29, 0.717) is 0 Å². The maximum absolute atomic E-state index is 10.4. The molecule has 29 heavy (non-hydrogen) atoms. The van der Waals surface area contributed by atoms with Crippen molar-refractivity contribution < 1.29 is 25.2 Å². The molecular weight excluding hydrogens is 368 g/mol. The highest BCUT2D eigenvalue weighted by Gasteiger charge is 2.44. The lowest BCUT2D eigenvalue weighted by Crippen LogP contribution is -2.55. The highest BCUT2D eigenvalue weighted by Crippen LogP contribution is 2.34. The topological polar surface area (TPSA) is 90.2 Å². The highest BCUT2D eigenvalue weighted by atomic mass is 16.5. The molecule has 5 atom stereocenters. The standard InChI is InChI=1S/C24H40O5/c1-2-3-4-5-6-7-8-9-10-11-14-18-15-12-13-16-19(18)24-23(28)22(27)21(26)20(17-25)29-24/h12-13,15-16,20-28H,2-11,14,17H2,1H3/t20-,21-,22+,23-,24?/m1/s1. The van der Waals surface area contributed by atoms with Gasteiger partial charge < -0.3 is 25.2 Å². The van der Waals surface area contributed by atoms with Crippen LogP contribution in [0.2, 0.25) is 0 Å². The number of unbranched alkanes of at least 4 members (excludes halogenated alkanes) is 9. The summed E-state index contributed by atoms with van der Waals surface area (Å²) in [5.74, 6) is 0. The van der Waals surface area contributed by atoms with Gasteiger partial charge in [0.05, 0.1) is 6.61 Å². The van der Waals surface area contributed by atoms with Gasteiger partial charge in [-0.15, -0.1) is 0 Å². The van der Waals surface area contributed by atoms with Gasteiger partial charge in [-0.2, -0.15) is 0 Å². The molecule has 5 nitrogen and oxygen atoms in total.